The number of anilines is 1. The Kier molecular flexibility index (Phi) is 3.93. The van der Waals surface area contributed by atoms with Gasteiger partial charge in [0, 0.05) is 24.0 Å². The normalized spacial score (nSPS) is 11.0. The van der Waals surface area contributed by atoms with E-state index in [9.17, 15) is 13.2 Å². The van der Waals surface area contributed by atoms with Crippen LogP contribution in [0.3, 0.4) is 0 Å². The minimum Gasteiger partial charge on any atom is -0.385 e. The molecule has 1 aromatic carbocycles. The van der Waals surface area contributed by atoms with Gasteiger partial charge in [-0.15, -0.1) is 0 Å². The second-order valence-electron chi connectivity index (χ2n) is 4.32. The summed E-state index contributed by atoms with van der Waals surface area (Å²) in [7, 11) is 0. The maximum absolute atomic E-state index is 13.9. The van der Waals surface area contributed by atoms with E-state index in [4.69, 9.17) is 0 Å². The van der Waals surface area contributed by atoms with E-state index in [1.54, 1.807) is 6.07 Å². The van der Waals surface area contributed by atoms with E-state index in [1.165, 1.54) is 0 Å². The molecule has 2 rings (SSSR count). The Morgan fingerprint density at radius 3 is 2.47 bits per heavy atom. The Morgan fingerprint density at radius 2 is 1.84 bits per heavy atom. The van der Waals surface area contributed by atoms with Gasteiger partial charge in [0.05, 0.1) is 5.39 Å². The molecule has 1 heterocycles. The zero-order valence-electron chi connectivity index (χ0n) is 10.9. The van der Waals surface area contributed by atoms with Gasteiger partial charge in [-0.1, -0.05) is 13.3 Å². The van der Waals surface area contributed by atoms with Crippen molar-refractivity contribution in [1.82, 2.24) is 4.98 Å². The van der Waals surface area contributed by atoms with Gasteiger partial charge in [0.2, 0.25) is 0 Å². The second kappa shape index (κ2) is 5.47. The minimum atomic E-state index is -1.20. The summed E-state index contributed by atoms with van der Waals surface area (Å²) in [5, 5.41) is 2.81. The SMILES string of the molecule is CCCc1cc(NCC)c2c(F)c(F)cc(F)c2n1. The first-order valence-corrected chi connectivity index (χ1v) is 6.29. The topological polar surface area (TPSA) is 24.9 Å². The number of fused-ring (bicyclic) bond motifs is 1. The molecule has 1 N–H and O–H groups in total. The Balaban J connectivity index is 2.78. The van der Waals surface area contributed by atoms with Crippen LogP contribution in [0.25, 0.3) is 10.9 Å². The van der Waals surface area contributed by atoms with Crippen LogP contribution in [-0.2, 0) is 6.42 Å². The molecule has 0 spiro atoms. The average molecular weight is 268 g/mol. The maximum Gasteiger partial charge on any atom is 0.170 e. The number of hydrogen-bond acceptors (Lipinski definition) is 2. The molecule has 0 amide bonds. The van der Waals surface area contributed by atoms with Crippen molar-refractivity contribution in [2.75, 3.05) is 11.9 Å². The third-order valence-corrected chi connectivity index (χ3v) is 2.85. The number of halogens is 3. The highest BCUT2D eigenvalue weighted by molar-refractivity contribution is 5.92. The molecule has 2 aromatic rings. The van der Waals surface area contributed by atoms with Gasteiger partial charge >= 0.3 is 0 Å². The first-order valence-electron chi connectivity index (χ1n) is 6.29. The van der Waals surface area contributed by atoms with E-state index in [-0.39, 0.29) is 10.9 Å². The highest BCUT2D eigenvalue weighted by Gasteiger charge is 2.17. The van der Waals surface area contributed by atoms with Crippen LogP contribution in [0.2, 0.25) is 0 Å². The lowest BCUT2D eigenvalue weighted by Crippen LogP contribution is -2.04. The van der Waals surface area contributed by atoms with Gasteiger partial charge in [0.1, 0.15) is 5.52 Å². The van der Waals surface area contributed by atoms with Crippen LogP contribution in [0.5, 0.6) is 0 Å². The number of nitrogens with one attached hydrogen (secondary N) is 1. The van der Waals surface area contributed by atoms with E-state index in [0.717, 1.165) is 6.42 Å². The number of aromatic nitrogens is 1. The summed E-state index contributed by atoms with van der Waals surface area (Å²) in [6, 6.07) is 2.19. The quantitative estimate of drug-likeness (QED) is 0.847. The summed E-state index contributed by atoms with van der Waals surface area (Å²) >= 11 is 0. The first kappa shape index (κ1) is 13.6. The minimum absolute atomic E-state index is 0.124. The molecule has 0 atom stereocenters. The third-order valence-electron chi connectivity index (χ3n) is 2.85. The Hall–Kier alpha value is -1.78. The molecule has 0 aliphatic rings. The molecule has 0 radical (unpaired) electrons. The summed E-state index contributed by atoms with van der Waals surface area (Å²) in [6.45, 7) is 4.34. The van der Waals surface area contributed by atoms with Crippen LogP contribution in [-0.4, -0.2) is 11.5 Å². The second-order valence-corrected chi connectivity index (χ2v) is 4.32. The van der Waals surface area contributed by atoms with Gasteiger partial charge in [0.15, 0.2) is 17.5 Å². The molecule has 5 heteroatoms. The van der Waals surface area contributed by atoms with E-state index < -0.39 is 17.5 Å². The van der Waals surface area contributed by atoms with Crippen LogP contribution in [0.1, 0.15) is 26.0 Å². The summed E-state index contributed by atoms with van der Waals surface area (Å²) in [5.74, 6) is -3.11. The zero-order valence-corrected chi connectivity index (χ0v) is 10.9. The van der Waals surface area contributed by atoms with Gasteiger partial charge in [-0.05, 0) is 19.4 Å². The Morgan fingerprint density at radius 1 is 1.11 bits per heavy atom. The highest BCUT2D eigenvalue weighted by Crippen LogP contribution is 2.30. The zero-order chi connectivity index (χ0) is 14.0. The van der Waals surface area contributed by atoms with Crippen molar-refractivity contribution < 1.29 is 13.2 Å². The maximum atomic E-state index is 13.9. The van der Waals surface area contributed by atoms with E-state index in [0.29, 0.717) is 30.4 Å². The van der Waals surface area contributed by atoms with Gasteiger partial charge in [-0.3, -0.25) is 0 Å². The van der Waals surface area contributed by atoms with Crippen molar-refractivity contribution in [2.24, 2.45) is 0 Å². The monoisotopic (exact) mass is 268 g/mol. The molecule has 1 aromatic heterocycles. The summed E-state index contributed by atoms with van der Waals surface area (Å²) in [5.41, 5.74) is 0.920. The lowest BCUT2D eigenvalue weighted by Gasteiger charge is -2.12. The van der Waals surface area contributed by atoms with Crippen LogP contribution < -0.4 is 5.32 Å². The number of benzene rings is 1. The van der Waals surface area contributed by atoms with Crippen molar-refractivity contribution >= 4 is 16.6 Å². The highest BCUT2D eigenvalue weighted by atomic mass is 19.2. The molecule has 2 nitrogen and oxygen atoms in total. The summed E-state index contributed by atoms with van der Waals surface area (Å²) in [6.07, 6.45) is 1.50. The molecule has 0 unspecified atom stereocenters. The number of hydrogen-bond donors (Lipinski definition) is 1. The van der Waals surface area contributed by atoms with Crippen molar-refractivity contribution in [3.63, 3.8) is 0 Å². The molecule has 0 saturated heterocycles. The van der Waals surface area contributed by atoms with Gasteiger partial charge in [-0.2, -0.15) is 0 Å². The average Bonchev–Trinajstić information content (AvgIpc) is 2.36. The molecule has 0 aliphatic carbocycles. The van der Waals surface area contributed by atoms with Crippen LogP contribution in [0.15, 0.2) is 12.1 Å². The van der Waals surface area contributed by atoms with Crippen LogP contribution in [0.4, 0.5) is 18.9 Å². The number of pyridine rings is 1. The molecule has 0 saturated carbocycles. The molecule has 102 valence electrons. The number of rotatable bonds is 4. The summed E-state index contributed by atoms with van der Waals surface area (Å²) < 4.78 is 40.9. The van der Waals surface area contributed by atoms with Crippen molar-refractivity contribution in [1.29, 1.82) is 0 Å². The largest absolute Gasteiger partial charge is 0.385 e. The van der Waals surface area contributed by atoms with Gasteiger partial charge < -0.3 is 5.32 Å². The van der Waals surface area contributed by atoms with Crippen molar-refractivity contribution in [3.8, 4) is 0 Å². The van der Waals surface area contributed by atoms with E-state index in [2.05, 4.69) is 10.3 Å². The number of aryl methyl sites for hydroxylation is 1. The van der Waals surface area contributed by atoms with E-state index in [1.807, 2.05) is 13.8 Å². The fourth-order valence-electron chi connectivity index (χ4n) is 2.07. The van der Waals surface area contributed by atoms with E-state index >= 15 is 0 Å². The lowest BCUT2D eigenvalue weighted by atomic mass is 10.1. The smallest absolute Gasteiger partial charge is 0.170 e. The molecule has 0 fully saturated rings. The van der Waals surface area contributed by atoms with Crippen LogP contribution >= 0.6 is 0 Å². The fraction of sp³-hybridized carbons (Fsp3) is 0.357. The Labute approximate surface area is 109 Å². The first-order chi connectivity index (χ1) is 9.08. The number of nitrogens with zero attached hydrogens (tertiary/aromatic N) is 1. The summed E-state index contributed by atoms with van der Waals surface area (Å²) in [4.78, 5) is 4.09. The molecule has 0 aliphatic heterocycles. The predicted octanol–water partition coefficient (Wildman–Crippen LogP) is 4.04. The lowest BCUT2D eigenvalue weighted by molar-refractivity contribution is 0.505. The van der Waals surface area contributed by atoms with Crippen molar-refractivity contribution in [3.05, 3.63) is 35.3 Å². The van der Waals surface area contributed by atoms with Gasteiger partial charge in [-0.25, -0.2) is 18.2 Å². The van der Waals surface area contributed by atoms with Crippen molar-refractivity contribution in [2.45, 2.75) is 26.7 Å². The molecule has 0 bridgehead atoms. The fourth-order valence-corrected chi connectivity index (χ4v) is 2.07. The predicted molar refractivity (Wildman–Crippen MR) is 69.8 cm³/mol. The third kappa shape index (κ3) is 2.50. The molecular weight excluding hydrogens is 253 g/mol. The Bertz CT molecular complexity index is 611. The van der Waals surface area contributed by atoms with Gasteiger partial charge in [0.25, 0.3) is 0 Å². The molecule has 19 heavy (non-hydrogen) atoms. The van der Waals surface area contributed by atoms with Crippen LogP contribution in [0, 0.1) is 17.5 Å². The molecular formula is C14H15F3N2. The standard InChI is InChI=1S/C14H15F3N2/c1-3-5-8-6-11(18-4-2)12-13(17)9(15)7-10(16)14(12)19-8/h6-7H,3-5H2,1-2H3,(H,18,19).